The topological polar surface area (TPSA) is 65.5 Å². The van der Waals surface area contributed by atoms with E-state index < -0.39 is 23.7 Å². The first-order chi connectivity index (χ1) is 17.7. The number of hydrogen-bond acceptors (Lipinski definition) is 4. The van der Waals surface area contributed by atoms with Gasteiger partial charge in [-0.2, -0.15) is 13.2 Å². The van der Waals surface area contributed by atoms with E-state index in [1.807, 2.05) is 24.3 Å². The van der Waals surface area contributed by atoms with Gasteiger partial charge in [-0.05, 0) is 43.2 Å². The minimum atomic E-state index is -4.66. The van der Waals surface area contributed by atoms with Crippen LogP contribution in [0.5, 0.6) is 0 Å². The summed E-state index contributed by atoms with van der Waals surface area (Å²) in [5, 5.41) is 4.63. The zero-order chi connectivity index (χ0) is 26.2. The summed E-state index contributed by atoms with van der Waals surface area (Å²) in [6, 6.07) is 9.45. The molecule has 10 heteroatoms. The third kappa shape index (κ3) is 5.30. The molecule has 3 heterocycles. The minimum absolute atomic E-state index is 0.00775. The van der Waals surface area contributed by atoms with Gasteiger partial charge in [0.1, 0.15) is 0 Å². The van der Waals surface area contributed by atoms with E-state index in [2.05, 4.69) is 26.2 Å². The van der Waals surface area contributed by atoms with Crippen molar-refractivity contribution in [3.8, 4) is 0 Å². The number of nitrogens with one attached hydrogen (secondary N) is 1. The van der Waals surface area contributed by atoms with Crippen molar-refractivity contribution in [1.82, 2.24) is 14.8 Å². The van der Waals surface area contributed by atoms with Crippen molar-refractivity contribution in [2.24, 2.45) is 0 Å². The first-order valence-electron chi connectivity index (χ1n) is 12.3. The number of likely N-dealkylation sites (tertiary alicyclic amines) is 2. The second-order valence-corrected chi connectivity index (χ2v) is 10.4. The van der Waals surface area contributed by atoms with Crippen molar-refractivity contribution in [2.45, 2.75) is 37.9 Å². The molecule has 37 heavy (non-hydrogen) atoms. The van der Waals surface area contributed by atoms with Gasteiger partial charge >= 0.3 is 6.18 Å². The number of carbonyl (C=O) groups excluding carboxylic acids is 2. The first kappa shape index (κ1) is 25.5. The van der Waals surface area contributed by atoms with Gasteiger partial charge in [0.25, 0.3) is 11.8 Å². The van der Waals surface area contributed by atoms with E-state index in [0.29, 0.717) is 31.6 Å². The summed E-state index contributed by atoms with van der Waals surface area (Å²) in [6.45, 7) is 1.65. The van der Waals surface area contributed by atoms with Crippen LogP contribution in [-0.4, -0.2) is 58.8 Å². The number of fused-ring (bicyclic) bond motifs is 1. The predicted octanol–water partition coefficient (Wildman–Crippen LogP) is 5.97. The summed E-state index contributed by atoms with van der Waals surface area (Å²) in [5.74, 6) is -0.633. The lowest BCUT2D eigenvalue weighted by Crippen LogP contribution is -2.37. The number of amides is 2. The molecule has 2 aromatic carbocycles. The molecule has 2 aliphatic heterocycles. The Bertz CT molecular complexity index is 1340. The number of piperidine rings is 1. The van der Waals surface area contributed by atoms with Gasteiger partial charge in [-0.1, -0.05) is 40.2 Å². The third-order valence-electron chi connectivity index (χ3n) is 7.00. The lowest BCUT2D eigenvalue weighted by Gasteiger charge is -2.29. The molecule has 3 aromatic rings. The van der Waals surface area contributed by atoms with Crippen LogP contribution in [0, 0.1) is 0 Å². The zero-order valence-corrected chi connectivity index (χ0v) is 21.6. The van der Waals surface area contributed by atoms with Gasteiger partial charge in [-0.15, -0.1) is 0 Å². The van der Waals surface area contributed by atoms with Crippen molar-refractivity contribution in [1.29, 1.82) is 0 Å². The molecule has 0 saturated carbocycles. The maximum absolute atomic E-state index is 14.1. The number of aromatic nitrogens is 1. The Morgan fingerprint density at radius 3 is 2.43 bits per heavy atom. The van der Waals surface area contributed by atoms with Gasteiger partial charge in [0.15, 0.2) is 0 Å². The number of nitrogens with zero attached hydrogens (tertiary/aromatic N) is 3. The summed E-state index contributed by atoms with van der Waals surface area (Å²) >= 11 is 3.16. The molecule has 0 aliphatic carbocycles. The predicted molar refractivity (Wildman–Crippen MR) is 139 cm³/mol. The van der Waals surface area contributed by atoms with E-state index in [0.717, 1.165) is 36.1 Å². The molecule has 1 atom stereocenters. The van der Waals surface area contributed by atoms with Gasteiger partial charge in [0.05, 0.1) is 22.4 Å². The zero-order valence-electron chi connectivity index (χ0n) is 20.0. The average molecular weight is 575 g/mol. The van der Waals surface area contributed by atoms with Crippen LogP contribution < -0.4 is 5.32 Å². The molecule has 0 radical (unpaired) electrons. The lowest BCUT2D eigenvalue weighted by molar-refractivity contribution is -0.137. The van der Waals surface area contributed by atoms with E-state index in [9.17, 15) is 22.8 Å². The van der Waals surface area contributed by atoms with E-state index >= 15 is 0 Å². The largest absolute Gasteiger partial charge is 0.418 e. The molecular formula is C27H26BrF3N4O2. The number of halogens is 4. The molecule has 6 nitrogen and oxygen atoms in total. The fraction of sp³-hybridized carbons (Fsp3) is 0.370. The first-order valence-corrected chi connectivity index (χ1v) is 13.1. The van der Waals surface area contributed by atoms with Crippen molar-refractivity contribution >= 4 is 44.2 Å². The van der Waals surface area contributed by atoms with Gasteiger partial charge in [0.2, 0.25) is 0 Å². The van der Waals surface area contributed by atoms with Crippen LogP contribution in [0.4, 0.5) is 18.9 Å². The number of anilines is 1. The molecular weight excluding hydrogens is 549 g/mol. The lowest BCUT2D eigenvalue weighted by atomic mass is 10.0. The molecule has 2 saturated heterocycles. The number of benzene rings is 2. The van der Waals surface area contributed by atoms with Crippen LogP contribution in [-0.2, 0) is 6.18 Å². The van der Waals surface area contributed by atoms with E-state index in [1.165, 1.54) is 12.3 Å². The highest BCUT2D eigenvalue weighted by Crippen LogP contribution is 2.40. The molecule has 194 valence electrons. The van der Waals surface area contributed by atoms with Crippen LogP contribution in [0.2, 0.25) is 0 Å². The normalized spacial score (nSPS) is 18.3. The van der Waals surface area contributed by atoms with E-state index in [4.69, 9.17) is 0 Å². The Morgan fingerprint density at radius 1 is 0.946 bits per heavy atom. The molecule has 0 unspecified atom stereocenters. The van der Waals surface area contributed by atoms with Crippen molar-refractivity contribution in [3.63, 3.8) is 0 Å². The fourth-order valence-corrected chi connectivity index (χ4v) is 5.60. The fourth-order valence-electron chi connectivity index (χ4n) is 5.15. The molecule has 1 aromatic heterocycles. The Morgan fingerprint density at radius 2 is 1.68 bits per heavy atom. The second-order valence-electron chi connectivity index (χ2n) is 9.52. The SMILES string of the molecule is O=C(c1cc(Br)cc(C(F)(F)F)c1N[C@@H]1CCN(C(=O)c2cncc3ccccc23)C1)N1CCCCC1. The molecule has 1 N–H and O–H groups in total. The number of rotatable bonds is 4. The number of carbonyl (C=O) groups is 2. The quantitative estimate of drug-likeness (QED) is 0.417. The third-order valence-corrected chi connectivity index (χ3v) is 7.46. The van der Waals surface area contributed by atoms with Gasteiger partial charge in [0, 0.05) is 54.5 Å². The number of hydrogen-bond donors (Lipinski definition) is 1. The highest BCUT2D eigenvalue weighted by Gasteiger charge is 2.38. The summed E-state index contributed by atoms with van der Waals surface area (Å²) < 4.78 is 42.5. The minimum Gasteiger partial charge on any atom is -0.379 e. The van der Waals surface area contributed by atoms with Crippen LogP contribution >= 0.6 is 15.9 Å². The van der Waals surface area contributed by atoms with Crippen molar-refractivity contribution in [3.05, 3.63) is 70.0 Å². The molecule has 2 amide bonds. The highest BCUT2D eigenvalue weighted by molar-refractivity contribution is 9.10. The Kier molecular flexibility index (Phi) is 7.11. The molecule has 2 aliphatic rings. The Hall–Kier alpha value is -3.14. The van der Waals surface area contributed by atoms with Gasteiger partial charge < -0.3 is 15.1 Å². The molecule has 0 bridgehead atoms. The van der Waals surface area contributed by atoms with E-state index in [-0.39, 0.29) is 28.2 Å². The highest BCUT2D eigenvalue weighted by atomic mass is 79.9. The molecule has 2 fully saturated rings. The van der Waals surface area contributed by atoms with Crippen LogP contribution in [0.25, 0.3) is 10.8 Å². The van der Waals surface area contributed by atoms with Gasteiger partial charge in [-0.3, -0.25) is 14.6 Å². The summed E-state index contributed by atoms with van der Waals surface area (Å²) in [5.41, 5.74) is -0.673. The van der Waals surface area contributed by atoms with E-state index in [1.54, 1.807) is 16.0 Å². The van der Waals surface area contributed by atoms with Crippen LogP contribution in [0.1, 0.15) is 52.0 Å². The number of pyridine rings is 1. The van der Waals surface area contributed by atoms with Gasteiger partial charge in [-0.25, -0.2) is 0 Å². The number of alkyl halides is 3. The second kappa shape index (κ2) is 10.3. The Balaban J connectivity index is 1.42. The Labute approximate surface area is 221 Å². The smallest absolute Gasteiger partial charge is 0.379 e. The maximum atomic E-state index is 14.1. The monoisotopic (exact) mass is 574 g/mol. The van der Waals surface area contributed by atoms with Crippen LogP contribution in [0.15, 0.2) is 53.3 Å². The molecule has 5 rings (SSSR count). The molecule has 0 spiro atoms. The van der Waals surface area contributed by atoms with Crippen molar-refractivity contribution in [2.75, 3.05) is 31.5 Å². The van der Waals surface area contributed by atoms with Crippen molar-refractivity contribution < 1.29 is 22.8 Å². The van der Waals surface area contributed by atoms with Crippen LogP contribution in [0.3, 0.4) is 0 Å². The summed E-state index contributed by atoms with van der Waals surface area (Å²) in [7, 11) is 0. The maximum Gasteiger partial charge on any atom is 0.418 e. The standard InChI is InChI=1S/C27H26BrF3N4O2/c28-18-12-21(25(36)34-9-4-1-5-10-34)24(23(13-18)27(29,30)31)33-19-8-11-35(16-19)26(37)22-15-32-14-17-6-2-3-7-20(17)22/h2-3,6-7,12-15,19,33H,1,4-5,8-11,16H2/t19-/m1/s1. The summed E-state index contributed by atoms with van der Waals surface area (Å²) in [4.78, 5) is 34.1. The average Bonchev–Trinajstić information content (AvgIpc) is 3.37. The summed E-state index contributed by atoms with van der Waals surface area (Å²) in [6.07, 6.45) is 1.67.